The Bertz CT molecular complexity index is 471. The topological polar surface area (TPSA) is 60.5 Å². The first-order valence-electron chi connectivity index (χ1n) is 7.55. The minimum absolute atomic E-state index is 0.0668. The third kappa shape index (κ3) is 3.73. The van der Waals surface area contributed by atoms with Crippen LogP contribution in [0.25, 0.3) is 0 Å². The van der Waals surface area contributed by atoms with Gasteiger partial charge in [-0.3, -0.25) is 4.79 Å². The van der Waals surface area contributed by atoms with Gasteiger partial charge in [0.25, 0.3) is 5.91 Å². The van der Waals surface area contributed by atoms with Crippen molar-refractivity contribution in [1.29, 1.82) is 0 Å². The van der Waals surface area contributed by atoms with Gasteiger partial charge in [-0.05, 0) is 38.2 Å². The van der Waals surface area contributed by atoms with E-state index in [2.05, 4.69) is 17.2 Å². The first kappa shape index (κ1) is 15.8. The molecule has 1 fully saturated rings. The van der Waals surface area contributed by atoms with Gasteiger partial charge in [-0.1, -0.05) is 13.3 Å². The normalized spacial score (nSPS) is 25.4. The largest absolute Gasteiger partial charge is 0.481 e. The van der Waals surface area contributed by atoms with Gasteiger partial charge in [0, 0.05) is 12.7 Å². The number of hydrogen-bond donors (Lipinski definition) is 1. The fraction of sp³-hybridized carbons (Fsp3) is 0.625. The first-order chi connectivity index (χ1) is 10.1. The number of carbonyl (C=O) groups is 1. The fourth-order valence-corrected chi connectivity index (χ4v) is 3.00. The number of methoxy groups -OCH3 is 1. The molecule has 1 N–H and O–H groups in total. The molecule has 1 aliphatic carbocycles. The number of amides is 1. The summed E-state index contributed by atoms with van der Waals surface area (Å²) in [5.74, 6) is 0.965. The Kier molecular flexibility index (Phi) is 5.17. The highest BCUT2D eigenvalue weighted by Gasteiger charge is 2.42. The zero-order chi connectivity index (χ0) is 15.3. The van der Waals surface area contributed by atoms with Crippen LogP contribution in [0.3, 0.4) is 0 Å². The molecule has 0 unspecified atom stereocenters. The number of hydrogen-bond acceptors (Lipinski definition) is 4. The van der Waals surface area contributed by atoms with E-state index >= 15 is 0 Å². The lowest BCUT2D eigenvalue weighted by Crippen LogP contribution is -2.48. The third-order valence-corrected chi connectivity index (χ3v) is 3.99. The molecule has 2 atom stereocenters. The van der Waals surface area contributed by atoms with E-state index in [0.717, 1.165) is 25.7 Å². The quantitative estimate of drug-likeness (QED) is 0.906. The van der Waals surface area contributed by atoms with Gasteiger partial charge >= 0.3 is 0 Å². The molecule has 21 heavy (non-hydrogen) atoms. The highest BCUT2D eigenvalue weighted by atomic mass is 16.5. The Morgan fingerprint density at radius 1 is 1.52 bits per heavy atom. The van der Waals surface area contributed by atoms with E-state index in [0.29, 0.717) is 24.1 Å². The molecule has 0 aromatic carbocycles. The van der Waals surface area contributed by atoms with Crippen molar-refractivity contribution in [2.45, 2.75) is 45.1 Å². The Hall–Kier alpha value is -1.62. The van der Waals surface area contributed by atoms with Crippen LogP contribution in [-0.4, -0.2) is 30.2 Å². The minimum Gasteiger partial charge on any atom is -0.481 e. The van der Waals surface area contributed by atoms with Crippen LogP contribution >= 0.6 is 0 Å². The summed E-state index contributed by atoms with van der Waals surface area (Å²) in [5.41, 5.74) is -0.0371. The van der Waals surface area contributed by atoms with Gasteiger partial charge in [0.2, 0.25) is 5.88 Å². The molecule has 116 valence electrons. The van der Waals surface area contributed by atoms with Crippen LogP contribution < -0.4 is 10.1 Å². The van der Waals surface area contributed by atoms with E-state index in [1.807, 2.05) is 6.92 Å². The van der Waals surface area contributed by atoms with Crippen LogP contribution in [-0.2, 0) is 9.53 Å². The maximum Gasteiger partial charge on any atom is 0.256 e. The average Bonchev–Trinajstić information content (AvgIpc) is 2.48. The van der Waals surface area contributed by atoms with E-state index in [1.165, 1.54) is 0 Å². The summed E-state index contributed by atoms with van der Waals surface area (Å²) in [7, 11) is 1.56. The van der Waals surface area contributed by atoms with Crippen molar-refractivity contribution in [3.05, 3.63) is 18.3 Å². The van der Waals surface area contributed by atoms with E-state index in [1.54, 1.807) is 25.4 Å². The van der Waals surface area contributed by atoms with Crippen molar-refractivity contribution in [2.24, 2.45) is 5.92 Å². The Morgan fingerprint density at radius 3 is 2.90 bits per heavy atom. The number of aromatic nitrogens is 1. The summed E-state index contributed by atoms with van der Waals surface area (Å²) in [5, 5.41) is 2.93. The zero-order valence-electron chi connectivity index (χ0n) is 13.0. The van der Waals surface area contributed by atoms with Crippen molar-refractivity contribution >= 4 is 11.6 Å². The molecule has 5 heteroatoms. The molecule has 0 radical (unpaired) electrons. The number of pyridine rings is 1. The van der Waals surface area contributed by atoms with Crippen molar-refractivity contribution < 1.29 is 14.3 Å². The molecule has 1 aromatic heterocycles. The fourth-order valence-electron chi connectivity index (χ4n) is 3.00. The number of rotatable bonds is 5. The SMILES string of the molecule is CCO[C@]1(C(=O)Nc2ccc(OC)nc2)CCC[C@H](C)C1. The van der Waals surface area contributed by atoms with Gasteiger partial charge in [-0.2, -0.15) is 0 Å². The molecule has 5 nitrogen and oxygen atoms in total. The van der Waals surface area contributed by atoms with Gasteiger partial charge < -0.3 is 14.8 Å². The molecule has 0 bridgehead atoms. The Balaban J connectivity index is 2.10. The number of nitrogens with zero attached hydrogens (tertiary/aromatic N) is 1. The lowest BCUT2D eigenvalue weighted by Gasteiger charge is -2.38. The summed E-state index contributed by atoms with van der Waals surface area (Å²) >= 11 is 0. The molecule has 1 aliphatic rings. The summed E-state index contributed by atoms with van der Waals surface area (Å²) in [6.07, 6.45) is 5.33. The Morgan fingerprint density at radius 2 is 2.33 bits per heavy atom. The highest BCUT2D eigenvalue weighted by Crippen LogP contribution is 2.36. The van der Waals surface area contributed by atoms with E-state index in [4.69, 9.17) is 9.47 Å². The van der Waals surface area contributed by atoms with Crippen LogP contribution in [0.5, 0.6) is 5.88 Å². The average molecular weight is 292 g/mol. The van der Waals surface area contributed by atoms with Crippen LogP contribution in [0.15, 0.2) is 18.3 Å². The molecule has 0 saturated heterocycles. The lowest BCUT2D eigenvalue weighted by atomic mass is 9.78. The monoisotopic (exact) mass is 292 g/mol. The minimum atomic E-state index is -0.702. The molecule has 1 saturated carbocycles. The number of carbonyl (C=O) groups excluding carboxylic acids is 1. The molecule has 1 heterocycles. The molecule has 1 aromatic rings. The first-order valence-corrected chi connectivity index (χ1v) is 7.55. The van der Waals surface area contributed by atoms with E-state index in [9.17, 15) is 4.79 Å². The standard InChI is InChI=1S/C16H24N2O3/c1-4-21-16(9-5-6-12(2)10-16)15(19)18-13-7-8-14(20-3)17-11-13/h7-8,11-12H,4-6,9-10H2,1-3H3,(H,18,19)/t12-,16+/m0/s1. The maximum absolute atomic E-state index is 12.7. The molecule has 1 amide bonds. The van der Waals surface area contributed by atoms with Crippen LogP contribution in [0.2, 0.25) is 0 Å². The molecule has 0 aliphatic heterocycles. The zero-order valence-corrected chi connectivity index (χ0v) is 13.0. The van der Waals surface area contributed by atoms with Crippen molar-refractivity contribution in [3.8, 4) is 5.88 Å². The van der Waals surface area contributed by atoms with Gasteiger partial charge in [-0.25, -0.2) is 4.98 Å². The second kappa shape index (κ2) is 6.89. The van der Waals surface area contributed by atoms with Crippen molar-refractivity contribution in [2.75, 3.05) is 19.0 Å². The van der Waals surface area contributed by atoms with Crippen LogP contribution in [0.1, 0.15) is 39.5 Å². The summed E-state index contributed by atoms with van der Waals surface area (Å²) in [4.78, 5) is 16.8. The van der Waals surface area contributed by atoms with E-state index in [-0.39, 0.29) is 5.91 Å². The van der Waals surface area contributed by atoms with E-state index < -0.39 is 5.60 Å². The molecule has 2 rings (SSSR count). The second-order valence-electron chi connectivity index (χ2n) is 5.67. The molecular formula is C16H24N2O3. The summed E-state index contributed by atoms with van der Waals surface area (Å²) < 4.78 is 10.9. The van der Waals surface area contributed by atoms with Crippen molar-refractivity contribution in [3.63, 3.8) is 0 Å². The summed E-state index contributed by atoms with van der Waals surface area (Å²) in [6.45, 7) is 4.65. The highest BCUT2D eigenvalue weighted by molar-refractivity contribution is 5.97. The van der Waals surface area contributed by atoms with Gasteiger partial charge in [0.1, 0.15) is 5.60 Å². The predicted molar refractivity (Wildman–Crippen MR) is 81.4 cm³/mol. The number of nitrogens with one attached hydrogen (secondary N) is 1. The van der Waals surface area contributed by atoms with Gasteiger partial charge in [0.15, 0.2) is 0 Å². The van der Waals surface area contributed by atoms with Crippen LogP contribution in [0.4, 0.5) is 5.69 Å². The Labute approximate surface area is 126 Å². The van der Waals surface area contributed by atoms with Gasteiger partial charge in [-0.15, -0.1) is 0 Å². The molecular weight excluding hydrogens is 268 g/mol. The maximum atomic E-state index is 12.7. The predicted octanol–water partition coefficient (Wildman–Crippen LogP) is 3.01. The molecule has 0 spiro atoms. The summed E-state index contributed by atoms with van der Waals surface area (Å²) in [6, 6.07) is 3.52. The van der Waals surface area contributed by atoms with Crippen LogP contribution in [0, 0.1) is 5.92 Å². The van der Waals surface area contributed by atoms with Gasteiger partial charge in [0.05, 0.1) is 19.0 Å². The smallest absolute Gasteiger partial charge is 0.256 e. The lowest BCUT2D eigenvalue weighted by molar-refractivity contribution is -0.147. The second-order valence-corrected chi connectivity index (χ2v) is 5.67. The third-order valence-electron chi connectivity index (χ3n) is 3.99. The number of ether oxygens (including phenoxy) is 2. The number of anilines is 1. The van der Waals surface area contributed by atoms with Crippen molar-refractivity contribution in [1.82, 2.24) is 4.98 Å².